The molecule has 2 aliphatic heterocycles. The average Bonchev–Trinajstić information content (AvgIpc) is 2.60. The minimum absolute atomic E-state index is 0.0110. The van der Waals surface area contributed by atoms with Crippen molar-refractivity contribution in [1.29, 1.82) is 0 Å². The van der Waals surface area contributed by atoms with Crippen molar-refractivity contribution < 1.29 is 17.9 Å². The summed E-state index contributed by atoms with van der Waals surface area (Å²) in [7, 11) is 0.162. The average molecular weight is 381 g/mol. The van der Waals surface area contributed by atoms with E-state index in [-0.39, 0.29) is 11.9 Å². The quantitative estimate of drug-likeness (QED) is 0.481. The minimum Gasteiger partial charge on any atom is -0.382 e. The van der Waals surface area contributed by atoms with Crippen LogP contribution in [0.25, 0.3) is 0 Å². The first kappa shape index (κ1) is 19.8. The van der Waals surface area contributed by atoms with E-state index in [0.29, 0.717) is 45.4 Å². The number of nitrogens with one attached hydrogen (secondary N) is 1. The highest BCUT2D eigenvalue weighted by atomic mass is 32.2. The van der Waals surface area contributed by atoms with E-state index < -0.39 is 10.0 Å². The number of methoxy groups -OCH3 is 1. The molecule has 0 aromatic carbocycles. The van der Waals surface area contributed by atoms with Crippen molar-refractivity contribution in [3.8, 4) is 0 Å². The van der Waals surface area contributed by atoms with Crippen LogP contribution in [0.3, 0.4) is 0 Å². The summed E-state index contributed by atoms with van der Waals surface area (Å²) in [5.41, 5.74) is 0. The van der Waals surface area contributed by atoms with Gasteiger partial charge in [-0.25, -0.2) is 12.7 Å². The van der Waals surface area contributed by atoms with Gasteiger partial charge in [0.1, 0.15) is 0 Å². The Kier molecular flexibility index (Phi) is 8.08. The first-order chi connectivity index (χ1) is 11.6. The number of ether oxygens (including phenoxy) is 2. The minimum atomic E-state index is -3.20. The second-order valence-corrected chi connectivity index (χ2v) is 9.01. The van der Waals surface area contributed by atoms with Gasteiger partial charge in [-0.05, 0) is 0 Å². The van der Waals surface area contributed by atoms with Crippen LogP contribution in [-0.2, 0) is 19.5 Å². The lowest BCUT2D eigenvalue weighted by atomic mass is 10.3. The van der Waals surface area contributed by atoms with E-state index in [0.717, 1.165) is 18.1 Å². The van der Waals surface area contributed by atoms with Gasteiger partial charge in [0, 0.05) is 58.4 Å². The SMILES string of the molecule is CN=C(NCCS(=O)(=O)N1CCSCC1)N1CCOC(COC)C1. The highest BCUT2D eigenvalue weighted by Gasteiger charge is 2.25. The number of morpholine rings is 1. The number of hydrogen-bond donors (Lipinski definition) is 1. The van der Waals surface area contributed by atoms with E-state index in [9.17, 15) is 8.42 Å². The van der Waals surface area contributed by atoms with E-state index >= 15 is 0 Å². The molecule has 0 amide bonds. The van der Waals surface area contributed by atoms with Crippen molar-refractivity contribution in [1.82, 2.24) is 14.5 Å². The summed E-state index contributed by atoms with van der Waals surface area (Å²) < 4.78 is 37.1. The van der Waals surface area contributed by atoms with Crippen LogP contribution in [0.4, 0.5) is 0 Å². The van der Waals surface area contributed by atoms with Crippen LogP contribution in [-0.4, -0.2) is 107 Å². The monoisotopic (exact) mass is 380 g/mol. The summed E-state index contributed by atoms with van der Waals surface area (Å²) in [6.07, 6.45) is 0.0110. The number of nitrogens with zero attached hydrogens (tertiary/aromatic N) is 3. The summed E-state index contributed by atoms with van der Waals surface area (Å²) in [5, 5.41) is 3.17. The van der Waals surface area contributed by atoms with E-state index in [1.165, 1.54) is 0 Å². The van der Waals surface area contributed by atoms with Crippen molar-refractivity contribution in [3.05, 3.63) is 0 Å². The maximum Gasteiger partial charge on any atom is 0.215 e. The molecule has 1 atom stereocenters. The van der Waals surface area contributed by atoms with Gasteiger partial charge in [-0.2, -0.15) is 11.8 Å². The maximum atomic E-state index is 12.4. The largest absolute Gasteiger partial charge is 0.382 e. The molecule has 1 unspecified atom stereocenters. The fraction of sp³-hybridized carbons (Fsp3) is 0.929. The number of thioether (sulfide) groups is 1. The lowest BCUT2D eigenvalue weighted by molar-refractivity contribution is -0.0447. The first-order valence-corrected chi connectivity index (χ1v) is 10.9. The molecule has 0 spiro atoms. The molecule has 2 saturated heterocycles. The summed E-state index contributed by atoms with van der Waals surface area (Å²) in [4.78, 5) is 6.34. The Balaban J connectivity index is 1.80. The number of guanidine groups is 1. The zero-order valence-corrected chi connectivity index (χ0v) is 16.1. The van der Waals surface area contributed by atoms with Crippen LogP contribution in [0, 0.1) is 0 Å². The maximum absolute atomic E-state index is 12.4. The second kappa shape index (κ2) is 9.81. The molecule has 0 aliphatic carbocycles. The molecule has 1 N–H and O–H groups in total. The molecule has 24 heavy (non-hydrogen) atoms. The molecule has 0 radical (unpaired) electrons. The predicted molar refractivity (Wildman–Crippen MR) is 97.2 cm³/mol. The van der Waals surface area contributed by atoms with E-state index in [2.05, 4.69) is 15.2 Å². The Hall–Kier alpha value is -0.550. The van der Waals surface area contributed by atoms with Crippen LogP contribution >= 0.6 is 11.8 Å². The Morgan fingerprint density at radius 3 is 2.79 bits per heavy atom. The molecule has 0 saturated carbocycles. The van der Waals surface area contributed by atoms with E-state index in [1.54, 1.807) is 30.2 Å². The summed E-state index contributed by atoms with van der Waals surface area (Å²) in [5.74, 6) is 2.55. The highest BCUT2D eigenvalue weighted by molar-refractivity contribution is 7.99. The van der Waals surface area contributed by atoms with Gasteiger partial charge in [0.25, 0.3) is 0 Å². The van der Waals surface area contributed by atoms with Crippen molar-refractivity contribution in [2.24, 2.45) is 4.99 Å². The number of rotatable bonds is 6. The van der Waals surface area contributed by atoms with Crippen LogP contribution < -0.4 is 5.32 Å². The molecule has 10 heteroatoms. The summed E-state index contributed by atoms with van der Waals surface area (Å²) >= 11 is 1.80. The Labute approximate surface area is 149 Å². The van der Waals surface area contributed by atoms with Gasteiger partial charge >= 0.3 is 0 Å². The first-order valence-electron chi connectivity index (χ1n) is 8.18. The molecule has 2 fully saturated rings. The molecule has 140 valence electrons. The molecule has 0 aromatic rings. The molecule has 2 rings (SSSR count). The van der Waals surface area contributed by atoms with Gasteiger partial charge in [-0.3, -0.25) is 4.99 Å². The number of hydrogen-bond acceptors (Lipinski definition) is 6. The number of sulfonamides is 1. The standard InChI is InChI=1S/C14H28N4O4S2/c1-15-14(17-4-7-22-13(11-17)12-21-2)16-3-10-24(19,20)18-5-8-23-9-6-18/h13H,3-12H2,1-2H3,(H,15,16). The van der Waals surface area contributed by atoms with Gasteiger partial charge in [0.05, 0.1) is 25.1 Å². The normalized spacial score (nSPS) is 24.2. The molecule has 2 aliphatic rings. The van der Waals surface area contributed by atoms with Gasteiger partial charge < -0.3 is 19.7 Å². The van der Waals surface area contributed by atoms with Gasteiger partial charge in [0.15, 0.2) is 5.96 Å². The Morgan fingerprint density at radius 2 is 2.12 bits per heavy atom. The number of aliphatic imine (C=N–C) groups is 1. The zero-order valence-electron chi connectivity index (χ0n) is 14.4. The van der Waals surface area contributed by atoms with Gasteiger partial charge in [-0.1, -0.05) is 0 Å². The molecule has 0 bridgehead atoms. The lowest BCUT2D eigenvalue weighted by Crippen LogP contribution is -2.52. The zero-order chi connectivity index (χ0) is 17.4. The fourth-order valence-electron chi connectivity index (χ4n) is 2.78. The summed E-state index contributed by atoms with van der Waals surface area (Å²) in [6.45, 7) is 4.14. The van der Waals surface area contributed by atoms with Crippen molar-refractivity contribution in [2.75, 3.05) is 77.4 Å². The lowest BCUT2D eigenvalue weighted by Gasteiger charge is -2.35. The molecular weight excluding hydrogens is 352 g/mol. The molecule has 8 nitrogen and oxygen atoms in total. The van der Waals surface area contributed by atoms with Crippen LogP contribution in [0.1, 0.15) is 0 Å². The Bertz CT molecular complexity index is 507. The van der Waals surface area contributed by atoms with Crippen LogP contribution in [0.5, 0.6) is 0 Å². The molecular formula is C14H28N4O4S2. The Morgan fingerprint density at radius 1 is 1.38 bits per heavy atom. The van der Waals surface area contributed by atoms with E-state index in [4.69, 9.17) is 9.47 Å². The second-order valence-electron chi connectivity index (χ2n) is 5.70. The third kappa shape index (κ3) is 5.76. The summed E-state index contributed by atoms with van der Waals surface area (Å²) in [6, 6.07) is 0. The van der Waals surface area contributed by atoms with Crippen molar-refractivity contribution in [3.63, 3.8) is 0 Å². The third-order valence-corrected chi connectivity index (χ3v) is 6.82. The topological polar surface area (TPSA) is 83.5 Å². The fourth-order valence-corrected chi connectivity index (χ4v) is 5.27. The van der Waals surface area contributed by atoms with E-state index in [1.807, 2.05) is 0 Å². The molecule has 2 heterocycles. The van der Waals surface area contributed by atoms with Gasteiger partial charge in [0.2, 0.25) is 10.0 Å². The molecule has 0 aromatic heterocycles. The van der Waals surface area contributed by atoms with Crippen molar-refractivity contribution >= 4 is 27.7 Å². The van der Waals surface area contributed by atoms with Crippen LogP contribution in [0.15, 0.2) is 4.99 Å². The smallest absolute Gasteiger partial charge is 0.215 e. The van der Waals surface area contributed by atoms with Crippen LogP contribution in [0.2, 0.25) is 0 Å². The van der Waals surface area contributed by atoms with Gasteiger partial charge in [-0.15, -0.1) is 0 Å². The highest BCUT2D eigenvalue weighted by Crippen LogP contribution is 2.13. The third-order valence-electron chi connectivity index (χ3n) is 4.01. The predicted octanol–water partition coefficient (Wildman–Crippen LogP) is -0.712. The van der Waals surface area contributed by atoms with Crippen molar-refractivity contribution in [2.45, 2.75) is 6.10 Å².